The van der Waals surface area contributed by atoms with Gasteiger partial charge in [0.25, 0.3) is 15.6 Å². The summed E-state index contributed by atoms with van der Waals surface area (Å²) in [7, 11) is -11.4. The second-order valence-corrected chi connectivity index (χ2v) is 9.80. The normalized spacial score (nSPS) is 29.0. The molecular weight excluding hydrogens is 512 g/mol. The molecule has 7 N–H and O–H groups in total. The van der Waals surface area contributed by atoms with E-state index in [2.05, 4.69) is 18.3 Å². The Kier molecular flexibility index (Phi) is 9.59. The Morgan fingerprint density at radius 3 is 2.41 bits per heavy atom. The smallest absolute Gasteiger partial charge is 0.351 e. The van der Waals surface area contributed by atoms with E-state index >= 15 is 0 Å². The van der Waals surface area contributed by atoms with Gasteiger partial charge in [0, 0.05) is 6.20 Å². The van der Waals surface area contributed by atoms with E-state index in [0.717, 1.165) is 10.8 Å². The monoisotopic (exact) mass is 533 g/mol. The number of anilines is 1. The number of nitrogen functional groups attached to an aromatic ring is 1. The molecule has 1 aliphatic rings. The van der Waals surface area contributed by atoms with Crippen molar-refractivity contribution >= 4 is 27.7 Å². The molecule has 1 saturated heterocycles. The highest BCUT2D eigenvalue weighted by Crippen LogP contribution is 2.55. The van der Waals surface area contributed by atoms with Gasteiger partial charge in [-0.2, -0.15) is 4.98 Å². The summed E-state index contributed by atoms with van der Waals surface area (Å²) in [6.45, 7) is -2.37. The predicted molar refractivity (Wildman–Crippen MR) is 101 cm³/mol. The van der Waals surface area contributed by atoms with Gasteiger partial charge in [0.1, 0.15) is 42.4 Å². The largest absolute Gasteiger partial charge is 0.756 e. The summed E-state index contributed by atoms with van der Waals surface area (Å²) in [6, 6.07) is 1.19. The molecule has 0 aliphatic carbocycles. The van der Waals surface area contributed by atoms with Crippen molar-refractivity contribution in [2.45, 2.75) is 42.9 Å². The van der Waals surface area contributed by atoms with E-state index < -0.39 is 77.4 Å². The number of carbonyl (C=O) groups is 1. The van der Waals surface area contributed by atoms with Crippen LogP contribution >= 0.6 is 15.6 Å². The van der Waals surface area contributed by atoms with Gasteiger partial charge in [0.15, 0.2) is 12.5 Å². The zero-order valence-electron chi connectivity index (χ0n) is 16.9. The van der Waals surface area contributed by atoms with Gasteiger partial charge in [-0.15, -0.1) is 0 Å². The molecule has 2 heterocycles. The molecule has 2 unspecified atom stereocenters. The fourth-order valence-electron chi connectivity index (χ4n) is 2.62. The van der Waals surface area contributed by atoms with Crippen molar-refractivity contribution < 1.29 is 67.3 Å². The van der Waals surface area contributed by atoms with E-state index in [1.54, 1.807) is 0 Å². The number of nitrogens with zero attached hydrogens (tertiary/aromatic N) is 2. The molecule has 2 rings (SSSR count). The average molecular weight is 533 g/mol. The molecule has 1 aliphatic heterocycles. The highest BCUT2D eigenvalue weighted by atomic mass is 31.3. The molecule has 1 fully saturated rings. The maximum absolute atomic E-state index is 11.9. The Morgan fingerprint density at radius 1 is 1.21 bits per heavy atom. The van der Waals surface area contributed by atoms with E-state index in [1.165, 1.54) is 6.07 Å². The van der Waals surface area contributed by atoms with Gasteiger partial charge in [0.05, 0.1) is 13.2 Å². The number of aliphatic hydroxyl groups is 5. The average Bonchev–Trinajstić information content (AvgIpc) is 3.03. The molecule has 1 aromatic rings. The summed E-state index contributed by atoms with van der Waals surface area (Å²) in [5, 5.41) is 47.9. The maximum Gasteiger partial charge on any atom is 0.351 e. The first-order valence-corrected chi connectivity index (χ1v) is 12.1. The van der Waals surface area contributed by atoms with Crippen molar-refractivity contribution in [3.05, 3.63) is 22.7 Å². The van der Waals surface area contributed by atoms with Crippen LogP contribution in [0.25, 0.3) is 0 Å². The lowest BCUT2D eigenvalue weighted by molar-refractivity contribution is -0.247. The Morgan fingerprint density at radius 2 is 1.82 bits per heavy atom. The molecule has 0 aromatic carbocycles. The molecular formula is C14H21N3O15P2-2. The Labute approximate surface area is 190 Å². The Hall–Kier alpha value is -1.63. The number of aromatic nitrogens is 2. The van der Waals surface area contributed by atoms with Gasteiger partial charge >= 0.3 is 5.69 Å². The van der Waals surface area contributed by atoms with Crippen molar-refractivity contribution in [1.82, 2.24) is 9.55 Å². The highest BCUT2D eigenvalue weighted by Gasteiger charge is 2.44. The van der Waals surface area contributed by atoms with E-state index in [4.69, 9.17) is 15.6 Å². The second-order valence-electron chi connectivity index (χ2n) is 6.84. The number of hydrogen-bond acceptors (Lipinski definition) is 17. The number of aldehydes is 1. The standard InChI is InChI=1S/C14H23N3O15P2/c15-9-1-2-17(14(24)16-9)13-12(23)11(22)8(31-13)5-30-34(27,28)32-33(25,26)29-4-7(20)10(21)6(19)3-18/h1-3,6-8,10-13,19-23H,4-5H2,(H,25,26)(H,27,28)(H2,15,16,24)/p-2/t6-,7+,8+,10-,11+,12+,13+/m0/s1. The molecule has 0 bridgehead atoms. The first kappa shape index (κ1) is 28.6. The zero-order valence-corrected chi connectivity index (χ0v) is 18.7. The number of aliphatic hydroxyl groups excluding tert-OH is 5. The zero-order chi connectivity index (χ0) is 25.8. The third-order valence-electron chi connectivity index (χ3n) is 4.35. The molecule has 34 heavy (non-hydrogen) atoms. The van der Waals surface area contributed by atoms with Crippen LogP contribution in [0.15, 0.2) is 17.1 Å². The van der Waals surface area contributed by atoms with E-state index in [1.807, 2.05) is 0 Å². The molecule has 18 nitrogen and oxygen atoms in total. The molecule has 20 heteroatoms. The number of phosphoric acid groups is 2. The number of ether oxygens (including phenoxy) is 1. The predicted octanol–water partition coefficient (Wildman–Crippen LogP) is -5.29. The third kappa shape index (κ3) is 7.43. The van der Waals surface area contributed by atoms with Gasteiger partial charge in [-0.1, -0.05) is 0 Å². The van der Waals surface area contributed by atoms with Crippen molar-refractivity contribution in [1.29, 1.82) is 0 Å². The van der Waals surface area contributed by atoms with Crippen LogP contribution in [0.5, 0.6) is 0 Å². The SMILES string of the molecule is Nc1ccn([C@@H]2O[C@H](COP(=O)([O-])OP(=O)([O-])OC[C@@H](O)[C@@H](O)[C@@H](O)C=O)[C@@H](O)[C@H]2O)c(=O)n1. The number of phosphoric ester groups is 2. The minimum atomic E-state index is -5.72. The molecule has 0 radical (unpaired) electrons. The lowest BCUT2D eigenvalue weighted by Gasteiger charge is -2.32. The first-order chi connectivity index (χ1) is 15.7. The summed E-state index contributed by atoms with van der Waals surface area (Å²) >= 11 is 0. The minimum absolute atomic E-state index is 0.134. The van der Waals surface area contributed by atoms with Crippen LogP contribution in [-0.4, -0.2) is 91.2 Å². The lowest BCUT2D eigenvalue weighted by Crippen LogP contribution is -2.41. The van der Waals surface area contributed by atoms with Crippen molar-refractivity contribution in [3.63, 3.8) is 0 Å². The van der Waals surface area contributed by atoms with E-state index in [9.17, 15) is 48.9 Å². The van der Waals surface area contributed by atoms with Crippen LogP contribution in [0.3, 0.4) is 0 Å². The van der Waals surface area contributed by atoms with Crippen LogP contribution in [0, 0.1) is 0 Å². The number of nitrogens with two attached hydrogens (primary N) is 1. The van der Waals surface area contributed by atoms with Gasteiger partial charge in [-0.25, -0.2) is 9.11 Å². The van der Waals surface area contributed by atoms with Gasteiger partial charge < -0.3 is 59.6 Å². The van der Waals surface area contributed by atoms with Crippen LogP contribution < -0.4 is 21.2 Å². The fraction of sp³-hybridized carbons (Fsp3) is 0.643. The summed E-state index contributed by atoms with van der Waals surface area (Å²) in [4.78, 5) is 49.1. The van der Waals surface area contributed by atoms with Crippen LogP contribution in [0.1, 0.15) is 6.23 Å². The second kappa shape index (κ2) is 11.4. The lowest BCUT2D eigenvalue weighted by atomic mass is 10.1. The van der Waals surface area contributed by atoms with E-state index in [-0.39, 0.29) is 12.1 Å². The summed E-state index contributed by atoms with van der Waals surface area (Å²) in [5.74, 6) is -0.134. The van der Waals surface area contributed by atoms with Crippen LogP contribution in [0.4, 0.5) is 5.82 Å². The summed E-state index contributed by atoms with van der Waals surface area (Å²) in [6.07, 6.45) is -12.0. The van der Waals surface area contributed by atoms with Gasteiger partial charge in [0.2, 0.25) is 0 Å². The molecule has 0 spiro atoms. The number of rotatable bonds is 12. The topological polar surface area (TPSA) is 296 Å². The van der Waals surface area contributed by atoms with Crippen LogP contribution in [-0.2, 0) is 32.0 Å². The third-order valence-corrected chi connectivity index (χ3v) is 6.88. The van der Waals surface area contributed by atoms with E-state index in [0.29, 0.717) is 0 Å². The summed E-state index contributed by atoms with van der Waals surface area (Å²) in [5.41, 5.74) is 4.40. The quantitative estimate of drug-likeness (QED) is 0.108. The van der Waals surface area contributed by atoms with Gasteiger partial charge in [-0.3, -0.25) is 13.7 Å². The Bertz CT molecular complexity index is 1010. The van der Waals surface area contributed by atoms with Crippen molar-refractivity contribution in [2.75, 3.05) is 18.9 Å². The number of hydrogen-bond donors (Lipinski definition) is 6. The molecule has 0 saturated carbocycles. The maximum atomic E-state index is 11.9. The first-order valence-electron chi connectivity index (χ1n) is 9.15. The summed E-state index contributed by atoms with van der Waals surface area (Å²) < 4.78 is 41.6. The van der Waals surface area contributed by atoms with Crippen molar-refractivity contribution in [2.24, 2.45) is 0 Å². The molecule has 0 amide bonds. The molecule has 1 aromatic heterocycles. The van der Waals surface area contributed by atoms with Crippen molar-refractivity contribution in [3.8, 4) is 0 Å². The minimum Gasteiger partial charge on any atom is -0.756 e. The van der Waals surface area contributed by atoms with Gasteiger partial charge in [-0.05, 0) is 6.07 Å². The Balaban J connectivity index is 1.94. The molecule has 194 valence electrons. The number of carbonyl (C=O) groups excluding carboxylic acids is 1. The van der Waals surface area contributed by atoms with Crippen LogP contribution in [0.2, 0.25) is 0 Å². The fourth-order valence-corrected chi connectivity index (χ4v) is 4.65. The molecule has 9 atom stereocenters. The highest BCUT2D eigenvalue weighted by molar-refractivity contribution is 7.59.